The van der Waals surface area contributed by atoms with E-state index in [1.54, 1.807) is 0 Å². The summed E-state index contributed by atoms with van der Waals surface area (Å²) in [5.74, 6) is -0.0455. The highest BCUT2D eigenvalue weighted by atomic mass is 16.5. The van der Waals surface area contributed by atoms with Crippen molar-refractivity contribution in [3.8, 4) is 0 Å². The van der Waals surface area contributed by atoms with E-state index in [2.05, 4.69) is 85.1 Å². The summed E-state index contributed by atoms with van der Waals surface area (Å²) in [7, 11) is 2.24. The Kier molecular flexibility index (Phi) is 13.9. The summed E-state index contributed by atoms with van der Waals surface area (Å²) >= 11 is 0. The number of carbonyl (C=O) groups excluding carboxylic acids is 1. The molecule has 0 radical (unpaired) electrons. The molecule has 3 heterocycles. The van der Waals surface area contributed by atoms with Gasteiger partial charge < -0.3 is 9.30 Å². The zero-order valence-electron chi connectivity index (χ0n) is 28.7. The average Bonchev–Trinajstić information content (AvgIpc) is 3.33. The third-order valence-corrected chi connectivity index (χ3v) is 9.34. The molecule has 244 valence electrons. The van der Waals surface area contributed by atoms with Gasteiger partial charge in [-0.2, -0.15) is 0 Å². The molecule has 0 fully saturated rings. The molecule has 0 saturated heterocycles. The van der Waals surface area contributed by atoms with Crippen LogP contribution in [0.5, 0.6) is 0 Å². The van der Waals surface area contributed by atoms with E-state index in [4.69, 9.17) is 4.74 Å². The first-order valence-electron chi connectivity index (χ1n) is 17.7. The van der Waals surface area contributed by atoms with Gasteiger partial charge in [0.15, 0.2) is 0 Å². The summed E-state index contributed by atoms with van der Waals surface area (Å²) in [5, 5.41) is 1.35. The molecule has 5 heteroatoms. The third kappa shape index (κ3) is 11.0. The van der Waals surface area contributed by atoms with E-state index in [9.17, 15) is 4.79 Å². The molecule has 0 aliphatic carbocycles. The third-order valence-electron chi connectivity index (χ3n) is 9.34. The minimum Gasteiger partial charge on any atom is -0.415 e. The van der Waals surface area contributed by atoms with Gasteiger partial charge in [0.1, 0.15) is 6.54 Å². The van der Waals surface area contributed by atoms with Crippen LogP contribution in [0.25, 0.3) is 10.9 Å². The zero-order valence-corrected chi connectivity index (χ0v) is 28.7. The van der Waals surface area contributed by atoms with E-state index in [-0.39, 0.29) is 5.97 Å². The lowest BCUT2D eigenvalue weighted by molar-refractivity contribution is -0.940. The van der Waals surface area contributed by atoms with Gasteiger partial charge in [-0.1, -0.05) is 81.0 Å². The Hall–Kier alpha value is -3.18. The quantitative estimate of drug-likeness (QED) is 0.0586. The number of allylic oxidation sites excluding steroid dienone is 4. The monoisotopic (exact) mass is 612 g/mol. The van der Waals surface area contributed by atoms with E-state index >= 15 is 0 Å². The van der Waals surface area contributed by atoms with Gasteiger partial charge in [0, 0.05) is 53.4 Å². The predicted molar refractivity (Wildman–Crippen MR) is 188 cm³/mol. The van der Waals surface area contributed by atoms with Crippen LogP contribution >= 0.6 is 0 Å². The van der Waals surface area contributed by atoms with Crippen LogP contribution in [0.4, 0.5) is 0 Å². The number of aromatic nitrogens is 2. The summed E-state index contributed by atoms with van der Waals surface area (Å²) in [4.78, 5) is 17.1. The molecule has 1 aliphatic heterocycles. The lowest BCUT2D eigenvalue weighted by atomic mass is 10.0. The lowest BCUT2D eigenvalue weighted by Crippen LogP contribution is -2.49. The normalized spacial score (nSPS) is 16.6. The first kappa shape index (κ1) is 34.7. The Bertz CT molecular complexity index is 1400. The largest absolute Gasteiger partial charge is 0.415 e. The highest BCUT2D eigenvalue weighted by Gasteiger charge is 2.34. The smallest absolute Gasteiger partial charge is 0.310 e. The maximum absolute atomic E-state index is 12.7. The molecule has 5 nitrogen and oxygen atoms in total. The number of quaternary nitrogens is 1. The first-order chi connectivity index (χ1) is 21.9. The van der Waals surface area contributed by atoms with E-state index in [1.807, 2.05) is 13.1 Å². The summed E-state index contributed by atoms with van der Waals surface area (Å²) in [6.07, 6.45) is 26.8. The number of ether oxygens (including phenoxy) is 1. The van der Waals surface area contributed by atoms with Gasteiger partial charge in [-0.05, 0) is 82.6 Å². The van der Waals surface area contributed by atoms with Gasteiger partial charge in [-0.25, -0.2) is 0 Å². The molecule has 1 aromatic carbocycles. The van der Waals surface area contributed by atoms with Crippen LogP contribution in [0.3, 0.4) is 0 Å². The molecule has 1 atom stereocenters. The number of rotatable bonds is 19. The van der Waals surface area contributed by atoms with E-state index in [0.29, 0.717) is 13.2 Å². The van der Waals surface area contributed by atoms with E-state index in [1.165, 1.54) is 78.2 Å². The lowest BCUT2D eigenvalue weighted by Gasteiger charge is -2.37. The van der Waals surface area contributed by atoms with Gasteiger partial charge in [-0.3, -0.25) is 14.3 Å². The zero-order chi connectivity index (χ0) is 31.9. The highest BCUT2D eigenvalue weighted by Crippen LogP contribution is 2.34. The van der Waals surface area contributed by atoms with Crippen LogP contribution in [0.1, 0.15) is 112 Å². The first-order valence-corrected chi connectivity index (χ1v) is 17.7. The molecule has 2 aromatic heterocycles. The Morgan fingerprint density at radius 2 is 1.71 bits per heavy atom. The molecule has 0 N–H and O–H groups in total. The molecule has 1 unspecified atom stereocenters. The van der Waals surface area contributed by atoms with Gasteiger partial charge in [0.05, 0.1) is 13.6 Å². The van der Waals surface area contributed by atoms with E-state index < -0.39 is 0 Å². The number of benzene rings is 1. The number of carbonyl (C=O) groups is 1. The summed E-state index contributed by atoms with van der Waals surface area (Å²) in [6, 6.07) is 11.1. The van der Waals surface area contributed by atoms with Crippen molar-refractivity contribution in [2.75, 3.05) is 20.3 Å². The van der Waals surface area contributed by atoms with Crippen molar-refractivity contribution in [1.82, 2.24) is 9.55 Å². The number of pyridine rings is 1. The second-order valence-corrected chi connectivity index (χ2v) is 13.5. The van der Waals surface area contributed by atoms with Crippen molar-refractivity contribution in [1.29, 1.82) is 0 Å². The summed E-state index contributed by atoms with van der Waals surface area (Å²) in [5.41, 5.74) is 7.81. The van der Waals surface area contributed by atoms with E-state index in [0.717, 1.165) is 68.3 Å². The van der Waals surface area contributed by atoms with Crippen molar-refractivity contribution in [3.63, 3.8) is 0 Å². The van der Waals surface area contributed by atoms with Crippen molar-refractivity contribution in [2.24, 2.45) is 0 Å². The molecule has 3 aromatic rings. The average molecular weight is 613 g/mol. The Morgan fingerprint density at radius 1 is 0.956 bits per heavy atom. The van der Waals surface area contributed by atoms with Crippen molar-refractivity contribution in [2.45, 2.75) is 124 Å². The maximum Gasteiger partial charge on any atom is 0.310 e. The molecule has 0 saturated carbocycles. The summed E-state index contributed by atoms with van der Waals surface area (Å²) < 4.78 is 9.16. The van der Waals surface area contributed by atoms with Crippen LogP contribution in [-0.4, -0.2) is 40.3 Å². The molecule has 0 amide bonds. The fourth-order valence-electron chi connectivity index (χ4n) is 6.52. The predicted octanol–water partition coefficient (Wildman–Crippen LogP) is 9.71. The Morgan fingerprint density at radius 3 is 2.47 bits per heavy atom. The molecule has 0 spiro atoms. The van der Waals surface area contributed by atoms with Gasteiger partial charge in [-0.15, -0.1) is 0 Å². The molecule has 1 aliphatic rings. The summed E-state index contributed by atoms with van der Waals surface area (Å²) in [6.45, 7) is 9.73. The van der Waals surface area contributed by atoms with Crippen molar-refractivity contribution >= 4 is 16.9 Å². The second kappa shape index (κ2) is 18.1. The number of hydrogen-bond donors (Lipinski definition) is 0. The fourth-order valence-corrected chi connectivity index (χ4v) is 6.52. The SMILES string of the molecule is CCCCC/C=C\C/C=C\CCCCCCCC(=O)OC[N+]1(C)CCc2c(c3cc(C)ccc3n2CCc2ccc(C)nc2)C1. The van der Waals surface area contributed by atoms with Gasteiger partial charge in [0.25, 0.3) is 0 Å². The number of aryl methyl sites for hydroxylation is 4. The van der Waals surface area contributed by atoms with Crippen molar-refractivity contribution < 1.29 is 14.0 Å². The fraction of sp³-hybridized carbons (Fsp3) is 0.550. The molecule has 4 rings (SSSR count). The van der Waals surface area contributed by atoms with Crippen LogP contribution in [-0.2, 0) is 35.5 Å². The molecular weight excluding hydrogens is 554 g/mol. The van der Waals surface area contributed by atoms with Gasteiger partial charge in [0.2, 0.25) is 6.73 Å². The van der Waals surface area contributed by atoms with Crippen molar-refractivity contribution in [3.05, 3.63) is 88.9 Å². The Labute approximate surface area is 273 Å². The number of hydrogen-bond acceptors (Lipinski definition) is 3. The number of fused-ring (bicyclic) bond motifs is 3. The maximum atomic E-state index is 12.7. The second-order valence-electron chi connectivity index (χ2n) is 13.5. The van der Waals surface area contributed by atoms with Crippen LogP contribution in [0, 0.1) is 13.8 Å². The minimum atomic E-state index is -0.0455. The van der Waals surface area contributed by atoms with Crippen LogP contribution in [0.15, 0.2) is 60.8 Å². The molecular formula is C40H58N3O2+. The van der Waals surface area contributed by atoms with Crippen LogP contribution in [0.2, 0.25) is 0 Å². The minimum absolute atomic E-state index is 0.0455. The highest BCUT2D eigenvalue weighted by molar-refractivity contribution is 5.86. The molecule has 45 heavy (non-hydrogen) atoms. The topological polar surface area (TPSA) is 44.1 Å². The number of nitrogens with zero attached hydrogens (tertiary/aromatic N) is 3. The Balaban J connectivity index is 1.17. The molecule has 0 bridgehead atoms. The van der Waals surface area contributed by atoms with Gasteiger partial charge >= 0.3 is 5.97 Å². The standard InChI is InChI=1S/C40H58N3O2/c1-5-6-7-8-9-10-11-12-13-14-15-16-17-18-19-20-40(44)45-32-43(4)28-26-39-37(31-43)36-29-33(2)21-24-38(36)42(39)27-25-35-23-22-34(3)41-30-35/h9-10,12-13,21-24,29-30H,5-8,11,14-20,25-28,31-32H2,1-4H3/q+1/b10-9-,13-12-. The number of esters is 1. The van der Waals surface area contributed by atoms with Crippen LogP contribution < -0.4 is 0 Å². The number of likely N-dealkylation sites (N-methyl/N-ethyl adjacent to an activating group) is 1. The number of unbranched alkanes of at least 4 members (excludes halogenated alkanes) is 8.